The first kappa shape index (κ1) is 19.8. The zero-order valence-corrected chi connectivity index (χ0v) is 16.1. The van der Waals surface area contributed by atoms with E-state index in [-0.39, 0.29) is 22.4 Å². The summed E-state index contributed by atoms with van der Waals surface area (Å²) in [6.07, 6.45) is 0. The van der Waals surface area contributed by atoms with Gasteiger partial charge in [0.2, 0.25) is 0 Å². The highest BCUT2D eigenvalue weighted by Crippen LogP contribution is 2.42. The van der Waals surface area contributed by atoms with Crippen LogP contribution in [0, 0.1) is 11.6 Å². The Labute approximate surface area is 175 Å². The molecule has 3 aromatic rings. The molecule has 150 valence electrons. The lowest BCUT2D eigenvalue weighted by Gasteiger charge is -2.25. The third-order valence-electron chi connectivity index (χ3n) is 4.87. The van der Waals surface area contributed by atoms with Gasteiger partial charge in [0.1, 0.15) is 17.4 Å². The molecule has 0 bridgehead atoms. The van der Waals surface area contributed by atoms with Crippen molar-refractivity contribution in [1.82, 2.24) is 0 Å². The Morgan fingerprint density at radius 1 is 0.900 bits per heavy atom. The molecule has 0 aromatic heterocycles. The lowest BCUT2D eigenvalue weighted by atomic mass is 9.94. The summed E-state index contributed by atoms with van der Waals surface area (Å²) < 4.78 is 28.1. The maximum Gasteiger partial charge on any atom is 0.300 e. The normalized spacial score (nSPS) is 18.1. The molecule has 1 saturated heterocycles. The molecule has 7 heteroatoms. The van der Waals surface area contributed by atoms with Gasteiger partial charge in [0, 0.05) is 21.8 Å². The fraction of sp³-hybridized carbons (Fsp3) is 0.0435. The first-order chi connectivity index (χ1) is 14.4. The molecule has 0 saturated carbocycles. The van der Waals surface area contributed by atoms with Crippen LogP contribution in [0.2, 0.25) is 5.02 Å². The van der Waals surface area contributed by atoms with Crippen LogP contribution in [0.3, 0.4) is 0 Å². The van der Waals surface area contributed by atoms with E-state index in [1.54, 1.807) is 6.07 Å². The van der Waals surface area contributed by atoms with E-state index in [0.717, 1.165) is 17.0 Å². The lowest BCUT2D eigenvalue weighted by Crippen LogP contribution is -2.29. The number of benzene rings is 3. The Bertz CT molecular complexity index is 1170. The molecule has 30 heavy (non-hydrogen) atoms. The van der Waals surface area contributed by atoms with E-state index < -0.39 is 35.1 Å². The average Bonchev–Trinajstić information content (AvgIpc) is 3.00. The van der Waals surface area contributed by atoms with Crippen molar-refractivity contribution >= 4 is 34.7 Å². The van der Waals surface area contributed by atoms with Gasteiger partial charge < -0.3 is 5.11 Å². The number of Topliss-reactive ketones (excluding diaryl/α,β-unsaturated/α-hetero) is 1. The largest absolute Gasteiger partial charge is 0.507 e. The minimum atomic E-state index is -1.23. The predicted octanol–water partition coefficient (Wildman–Crippen LogP) is 5.24. The molecular weight excluding hydrogens is 412 g/mol. The van der Waals surface area contributed by atoms with Crippen molar-refractivity contribution < 1.29 is 23.5 Å². The average molecular weight is 426 g/mol. The number of hydrogen-bond acceptors (Lipinski definition) is 3. The molecule has 1 unspecified atom stereocenters. The van der Waals surface area contributed by atoms with Gasteiger partial charge >= 0.3 is 0 Å². The molecule has 1 aliphatic rings. The molecule has 1 atom stereocenters. The first-order valence-corrected chi connectivity index (χ1v) is 9.33. The van der Waals surface area contributed by atoms with Crippen LogP contribution in [0.1, 0.15) is 17.2 Å². The van der Waals surface area contributed by atoms with Gasteiger partial charge in [-0.3, -0.25) is 14.5 Å². The van der Waals surface area contributed by atoms with Crippen molar-refractivity contribution in [1.29, 1.82) is 0 Å². The Morgan fingerprint density at radius 3 is 2.17 bits per heavy atom. The molecule has 1 aliphatic heterocycles. The summed E-state index contributed by atoms with van der Waals surface area (Å²) in [6, 6.07) is 15.3. The van der Waals surface area contributed by atoms with Gasteiger partial charge in [-0.1, -0.05) is 29.8 Å². The monoisotopic (exact) mass is 425 g/mol. The van der Waals surface area contributed by atoms with Crippen LogP contribution >= 0.6 is 11.6 Å². The number of halogens is 3. The van der Waals surface area contributed by atoms with E-state index in [1.807, 2.05) is 0 Å². The summed E-state index contributed by atoms with van der Waals surface area (Å²) in [5.41, 5.74) is 0.202. The van der Waals surface area contributed by atoms with Crippen LogP contribution in [0.15, 0.2) is 78.4 Å². The number of carbonyl (C=O) groups is 2. The van der Waals surface area contributed by atoms with Crippen LogP contribution < -0.4 is 4.90 Å². The lowest BCUT2D eigenvalue weighted by molar-refractivity contribution is -0.132. The molecule has 1 heterocycles. The highest BCUT2D eigenvalue weighted by molar-refractivity contribution is 6.51. The van der Waals surface area contributed by atoms with E-state index >= 15 is 0 Å². The number of rotatable bonds is 3. The second-order valence-corrected chi connectivity index (χ2v) is 7.11. The molecule has 3 aromatic carbocycles. The highest BCUT2D eigenvalue weighted by atomic mass is 35.5. The second-order valence-electron chi connectivity index (χ2n) is 6.67. The van der Waals surface area contributed by atoms with Gasteiger partial charge in [-0.05, 0) is 54.6 Å². The maximum absolute atomic E-state index is 14.7. The molecule has 4 rings (SSSR count). The van der Waals surface area contributed by atoms with Crippen LogP contribution in [0.4, 0.5) is 14.5 Å². The van der Waals surface area contributed by atoms with Gasteiger partial charge in [-0.15, -0.1) is 0 Å². The molecule has 0 spiro atoms. The maximum atomic E-state index is 14.7. The van der Waals surface area contributed by atoms with E-state index in [1.165, 1.54) is 54.6 Å². The van der Waals surface area contributed by atoms with E-state index in [9.17, 15) is 23.5 Å². The molecule has 0 radical (unpaired) electrons. The molecule has 4 nitrogen and oxygen atoms in total. The van der Waals surface area contributed by atoms with E-state index in [4.69, 9.17) is 11.6 Å². The van der Waals surface area contributed by atoms with Gasteiger partial charge in [-0.2, -0.15) is 0 Å². The van der Waals surface area contributed by atoms with E-state index in [2.05, 4.69) is 0 Å². The van der Waals surface area contributed by atoms with Crippen LogP contribution in [-0.2, 0) is 9.59 Å². The van der Waals surface area contributed by atoms with Crippen molar-refractivity contribution in [2.75, 3.05) is 4.90 Å². The van der Waals surface area contributed by atoms with Crippen molar-refractivity contribution in [2.45, 2.75) is 6.04 Å². The number of nitrogens with zero attached hydrogens (tertiary/aromatic N) is 1. The SMILES string of the molecule is O=C1C(=O)N(c2ccc(F)cc2)C(c2ccccc2F)/C1=C(/O)c1ccc(Cl)cc1. The van der Waals surface area contributed by atoms with Crippen molar-refractivity contribution in [3.05, 3.63) is 106 Å². The minimum Gasteiger partial charge on any atom is -0.507 e. The topological polar surface area (TPSA) is 57.6 Å². The number of carbonyl (C=O) groups excluding carboxylic acids is 2. The summed E-state index contributed by atoms with van der Waals surface area (Å²) >= 11 is 5.88. The summed E-state index contributed by atoms with van der Waals surface area (Å²) in [7, 11) is 0. The van der Waals surface area contributed by atoms with Gasteiger partial charge in [0.25, 0.3) is 11.7 Å². The summed E-state index contributed by atoms with van der Waals surface area (Å²) in [4.78, 5) is 26.8. The van der Waals surface area contributed by atoms with Crippen molar-refractivity contribution in [3.8, 4) is 0 Å². The molecule has 1 fully saturated rings. The zero-order chi connectivity index (χ0) is 21.4. The van der Waals surface area contributed by atoms with Gasteiger partial charge in [0.15, 0.2) is 0 Å². The van der Waals surface area contributed by atoms with Crippen LogP contribution in [0.25, 0.3) is 5.76 Å². The third kappa shape index (κ3) is 3.35. The number of aliphatic hydroxyl groups excluding tert-OH is 1. The molecule has 1 amide bonds. The van der Waals surface area contributed by atoms with Crippen molar-refractivity contribution in [3.63, 3.8) is 0 Å². The third-order valence-corrected chi connectivity index (χ3v) is 5.12. The number of aliphatic hydroxyl groups is 1. The highest BCUT2D eigenvalue weighted by Gasteiger charge is 2.47. The number of ketones is 1. The summed E-state index contributed by atoms with van der Waals surface area (Å²) in [5.74, 6) is -3.56. The molecular formula is C23H14ClF2NO3. The zero-order valence-electron chi connectivity index (χ0n) is 15.4. The predicted molar refractivity (Wildman–Crippen MR) is 109 cm³/mol. The quantitative estimate of drug-likeness (QED) is 0.354. The fourth-order valence-corrected chi connectivity index (χ4v) is 3.58. The smallest absolute Gasteiger partial charge is 0.300 e. The Balaban J connectivity index is 1.96. The fourth-order valence-electron chi connectivity index (χ4n) is 3.45. The molecule has 0 aliphatic carbocycles. The Kier molecular flexibility index (Phi) is 5.10. The summed E-state index contributed by atoms with van der Waals surface area (Å²) in [5, 5.41) is 11.3. The number of amides is 1. The Morgan fingerprint density at radius 2 is 1.53 bits per heavy atom. The summed E-state index contributed by atoms with van der Waals surface area (Å²) in [6.45, 7) is 0. The van der Waals surface area contributed by atoms with Crippen LogP contribution in [0.5, 0.6) is 0 Å². The number of anilines is 1. The van der Waals surface area contributed by atoms with Crippen molar-refractivity contribution in [2.24, 2.45) is 0 Å². The Hall–Kier alpha value is -3.51. The second kappa shape index (κ2) is 7.72. The standard InChI is InChI=1S/C23H14ClF2NO3/c24-14-7-5-13(6-8-14)21(28)19-20(17-3-1-2-4-18(17)26)27(23(30)22(19)29)16-11-9-15(25)10-12-16/h1-12,20,28H/b21-19-. The van der Waals surface area contributed by atoms with Crippen LogP contribution in [-0.4, -0.2) is 16.8 Å². The first-order valence-electron chi connectivity index (χ1n) is 8.95. The minimum absolute atomic E-state index is 0.0246. The van der Waals surface area contributed by atoms with Gasteiger partial charge in [0.05, 0.1) is 11.6 Å². The van der Waals surface area contributed by atoms with E-state index in [0.29, 0.717) is 5.02 Å². The number of hydrogen-bond donors (Lipinski definition) is 1. The van der Waals surface area contributed by atoms with Gasteiger partial charge in [-0.25, -0.2) is 8.78 Å². The molecule has 1 N–H and O–H groups in total.